The summed E-state index contributed by atoms with van der Waals surface area (Å²) in [6, 6.07) is 16.4. The minimum absolute atomic E-state index is 0.198. The van der Waals surface area contributed by atoms with Crippen LogP contribution in [-0.2, 0) is 9.59 Å². The first-order valence-electron chi connectivity index (χ1n) is 11.8. The number of aryl methyl sites for hydroxylation is 2. The third kappa shape index (κ3) is 4.85. The van der Waals surface area contributed by atoms with Crippen molar-refractivity contribution >= 4 is 40.7 Å². The van der Waals surface area contributed by atoms with Crippen LogP contribution < -0.4 is 5.32 Å². The third-order valence-corrected chi connectivity index (χ3v) is 7.45. The Hall–Kier alpha value is -4.37. The Bertz CT molecular complexity index is 1550. The predicted molar refractivity (Wildman–Crippen MR) is 145 cm³/mol. The summed E-state index contributed by atoms with van der Waals surface area (Å²) in [5.74, 6) is 0.0162. The van der Waals surface area contributed by atoms with E-state index in [1.165, 1.54) is 6.08 Å². The van der Waals surface area contributed by atoms with Gasteiger partial charge in [-0.15, -0.1) is 21.5 Å². The summed E-state index contributed by atoms with van der Waals surface area (Å²) < 4.78 is 1.93. The van der Waals surface area contributed by atoms with E-state index in [1.807, 2.05) is 73.0 Å². The Morgan fingerprint density at radius 2 is 1.78 bits per heavy atom. The smallest absolute Gasteiger partial charge is 0.306 e. The molecule has 2 N–H and O–H groups in total. The molecule has 1 atom stereocenters. The number of hydrogen-bond acceptors (Lipinski definition) is 6. The van der Waals surface area contributed by atoms with Crippen molar-refractivity contribution in [3.63, 3.8) is 0 Å². The van der Waals surface area contributed by atoms with E-state index in [9.17, 15) is 14.7 Å². The second-order valence-corrected chi connectivity index (χ2v) is 10.0. The van der Waals surface area contributed by atoms with Crippen LogP contribution >= 0.6 is 11.3 Å². The average molecular weight is 512 g/mol. The van der Waals surface area contributed by atoms with Crippen molar-refractivity contribution < 1.29 is 14.7 Å². The fourth-order valence-electron chi connectivity index (χ4n) is 4.32. The van der Waals surface area contributed by atoms with Crippen molar-refractivity contribution in [2.24, 2.45) is 4.99 Å². The molecule has 9 heteroatoms. The van der Waals surface area contributed by atoms with Gasteiger partial charge < -0.3 is 10.4 Å². The maximum Gasteiger partial charge on any atom is 0.306 e. The molecule has 8 nitrogen and oxygen atoms in total. The summed E-state index contributed by atoms with van der Waals surface area (Å²) >= 11 is 1.62. The van der Waals surface area contributed by atoms with Gasteiger partial charge in [0.1, 0.15) is 16.9 Å². The summed E-state index contributed by atoms with van der Waals surface area (Å²) in [5.41, 5.74) is 5.15. The highest BCUT2D eigenvalue weighted by atomic mass is 32.1. The van der Waals surface area contributed by atoms with Crippen LogP contribution in [0.3, 0.4) is 0 Å². The predicted octanol–water partition coefficient (Wildman–Crippen LogP) is 5.27. The van der Waals surface area contributed by atoms with Crippen molar-refractivity contribution in [1.29, 1.82) is 0 Å². The molecular formula is C28H25N5O3S. The number of aliphatic imine (C=N–C) groups is 1. The van der Waals surface area contributed by atoms with Crippen LogP contribution in [0.15, 0.2) is 65.7 Å². The standard InChI is InChI=1S/C28H25N5O3S/c1-16-17(2)37-28-25(16)26(30-22(15-24(35)36)27-32-31-18(3)33(27)28)20-10-12-21(13-11-20)29-23(34)14-9-19-7-5-4-6-8-19/h4-14,22H,15H2,1-3H3,(H,29,34)(H,35,36)/b14-9+/t22-/m0/s1. The normalized spacial score (nSPS) is 14.6. The lowest BCUT2D eigenvalue weighted by Gasteiger charge is -2.11. The molecule has 3 heterocycles. The monoisotopic (exact) mass is 511 g/mol. The van der Waals surface area contributed by atoms with Crippen molar-refractivity contribution in [1.82, 2.24) is 14.8 Å². The number of fused-ring (bicyclic) bond motifs is 3. The maximum absolute atomic E-state index is 12.4. The van der Waals surface area contributed by atoms with Gasteiger partial charge in [0.05, 0.1) is 12.1 Å². The molecule has 0 bridgehead atoms. The van der Waals surface area contributed by atoms with Crippen LogP contribution in [0.25, 0.3) is 11.1 Å². The van der Waals surface area contributed by atoms with Crippen LogP contribution in [-0.4, -0.2) is 37.5 Å². The molecule has 37 heavy (non-hydrogen) atoms. The fraction of sp³-hybridized carbons (Fsp3) is 0.179. The number of anilines is 1. The summed E-state index contributed by atoms with van der Waals surface area (Å²) in [6.07, 6.45) is 3.06. The average Bonchev–Trinajstić information content (AvgIpc) is 3.36. The first kappa shape index (κ1) is 24.3. The largest absolute Gasteiger partial charge is 0.481 e. The van der Waals surface area contributed by atoms with E-state index in [1.54, 1.807) is 17.4 Å². The SMILES string of the molecule is Cc1sc2c(c1C)C(c1ccc(NC(=O)/C=C/c3ccccc3)cc1)=N[C@@H](CC(=O)O)c1nnc(C)n1-2. The number of hydrogen-bond donors (Lipinski definition) is 2. The number of nitrogens with one attached hydrogen (secondary N) is 1. The summed E-state index contributed by atoms with van der Waals surface area (Å²) in [7, 11) is 0. The molecule has 0 aliphatic carbocycles. The molecule has 1 aliphatic heterocycles. The van der Waals surface area contributed by atoms with E-state index in [-0.39, 0.29) is 12.3 Å². The number of carbonyl (C=O) groups is 2. The Morgan fingerprint density at radius 3 is 2.49 bits per heavy atom. The topological polar surface area (TPSA) is 109 Å². The van der Waals surface area contributed by atoms with Gasteiger partial charge in [-0.05, 0) is 50.1 Å². The van der Waals surface area contributed by atoms with Gasteiger partial charge in [-0.2, -0.15) is 0 Å². The molecule has 2 aromatic carbocycles. The highest BCUT2D eigenvalue weighted by Crippen LogP contribution is 2.39. The minimum Gasteiger partial charge on any atom is -0.481 e. The van der Waals surface area contributed by atoms with Gasteiger partial charge in [-0.3, -0.25) is 19.1 Å². The van der Waals surface area contributed by atoms with Gasteiger partial charge in [-0.25, -0.2) is 0 Å². The molecule has 0 radical (unpaired) electrons. The maximum atomic E-state index is 12.4. The van der Waals surface area contributed by atoms with Crippen molar-refractivity contribution in [3.05, 3.63) is 99.5 Å². The molecule has 2 aromatic heterocycles. The zero-order valence-electron chi connectivity index (χ0n) is 20.6. The second-order valence-electron chi connectivity index (χ2n) is 8.81. The van der Waals surface area contributed by atoms with Crippen LogP contribution in [0.5, 0.6) is 0 Å². The van der Waals surface area contributed by atoms with Gasteiger partial charge in [0.25, 0.3) is 0 Å². The second kappa shape index (κ2) is 9.94. The number of aliphatic carboxylic acids is 1. The number of benzene rings is 2. The lowest BCUT2D eigenvalue weighted by atomic mass is 9.99. The number of nitrogens with zero attached hydrogens (tertiary/aromatic N) is 4. The van der Waals surface area contributed by atoms with E-state index in [0.717, 1.165) is 32.1 Å². The first-order chi connectivity index (χ1) is 17.8. The Kier molecular flexibility index (Phi) is 6.54. The molecule has 5 rings (SSSR count). The van der Waals surface area contributed by atoms with Gasteiger partial charge in [0.2, 0.25) is 5.91 Å². The molecule has 4 aromatic rings. The number of thiophene rings is 1. The molecule has 0 saturated carbocycles. The van der Waals surface area contributed by atoms with E-state index in [4.69, 9.17) is 4.99 Å². The minimum atomic E-state index is -0.958. The molecule has 1 aliphatic rings. The number of carboxylic acids is 1. The van der Waals surface area contributed by atoms with Gasteiger partial charge in [0.15, 0.2) is 5.82 Å². The van der Waals surface area contributed by atoms with E-state index in [0.29, 0.717) is 23.0 Å². The number of rotatable bonds is 6. The van der Waals surface area contributed by atoms with Crippen molar-refractivity contribution in [3.8, 4) is 5.00 Å². The van der Waals surface area contributed by atoms with Crippen LogP contribution in [0.1, 0.15) is 51.2 Å². The van der Waals surface area contributed by atoms with E-state index in [2.05, 4.69) is 22.4 Å². The zero-order chi connectivity index (χ0) is 26.1. The molecular weight excluding hydrogens is 486 g/mol. The third-order valence-electron chi connectivity index (χ3n) is 6.26. The van der Waals surface area contributed by atoms with Crippen molar-refractivity contribution in [2.45, 2.75) is 33.2 Å². The molecule has 0 spiro atoms. The number of carboxylic acid groups (broad SMARTS) is 1. The fourth-order valence-corrected chi connectivity index (χ4v) is 5.54. The highest BCUT2D eigenvalue weighted by molar-refractivity contribution is 7.15. The van der Waals surface area contributed by atoms with Gasteiger partial charge in [-0.1, -0.05) is 42.5 Å². The summed E-state index contributed by atoms with van der Waals surface area (Å²) in [4.78, 5) is 30.2. The van der Waals surface area contributed by atoms with Gasteiger partial charge >= 0.3 is 5.97 Å². The Labute approximate surface area is 218 Å². The molecule has 0 saturated heterocycles. The summed E-state index contributed by atoms with van der Waals surface area (Å²) in [6.45, 7) is 5.96. The van der Waals surface area contributed by atoms with Crippen LogP contribution in [0.2, 0.25) is 0 Å². The Balaban J connectivity index is 1.49. The number of aromatic nitrogens is 3. The highest BCUT2D eigenvalue weighted by Gasteiger charge is 2.32. The van der Waals surface area contributed by atoms with E-state index < -0.39 is 12.0 Å². The van der Waals surface area contributed by atoms with Gasteiger partial charge in [0, 0.05) is 27.8 Å². The Morgan fingerprint density at radius 1 is 1.05 bits per heavy atom. The summed E-state index contributed by atoms with van der Waals surface area (Å²) in [5, 5.41) is 21.9. The molecule has 0 fully saturated rings. The first-order valence-corrected chi connectivity index (χ1v) is 12.6. The quantitative estimate of drug-likeness (QED) is 0.343. The number of amides is 1. The number of carbonyl (C=O) groups excluding carboxylic acids is 1. The van der Waals surface area contributed by atoms with Crippen LogP contribution in [0, 0.1) is 20.8 Å². The molecule has 186 valence electrons. The van der Waals surface area contributed by atoms with Crippen molar-refractivity contribution in [2.75, 3.05) is 5.32 Å². The lowest BCUT2D eigenvalue weighted by Crippen LogP contribution is -2.11. The van der Waals surface area contributed by atoms with Crippen LogP contribution in [0.4, 0.5) is 5.69 Å². The zero-order valence-corrected chi connectivity index (χ0v) is 21.4. The van der Waals surface area contributed by atoms with E-state index >= 15 is 0 Å². The molecule has 0 unspecified atom stereocenters. The lowest BCUT2D eigenvalue weighted by molar-refractivity contribution is -0.137. The molecule has 1 amide bonds.